The van der Waals surface area contributed by atoms with E-state index in [9.17, 15) is 4.79 Å². The maximum atomic E-state index is 13.1. The molecule has 160 valence electrons. The zero-order valence-electron chi connectivity index (χ0n) is 17.5. The molecule has 1 N–H and O–H groups in total. The van der Waals surface area contributed by atoms with Crippen molar-refractivity contribution in [3.63, 3.8) is 0 Å². The average molecular weight is 453 g/mol. The topological polar surface area (TPSA) is 58.1 Å². The molecule has 2 aliphatic heterocycles. The second kappa shape index (κ2) is 7.54. The lowest BCUT2D eigenvalue weighted by Gasteiger charge is -2.24. The Morgan fingerprint density at radius 2 is 2.03 bits per heavy atom. The van der Waals surface area contributed by atoms with Crippen molar-refractivity contribution in [3.8, 4) is 0 Å². The molecule has 7 heteroatoms. The summed E-state index contributed by atoms with van der Waals surface area (Å²) in [6, 6.07) is 9.01. The molecular formula is C24H25ClN4OS. The largest absolute Gasteiger partial charge is 0.337 e. The SMILES string of the molecule is Cc1nc([C@H]2C[C@@H]2c2ccc(C(=O)N3CC[C@@H]4CC[C@H](C3)N4)cc2Cl)c2ccsc2n1. The molecule has 1 amide bonds. The first-order chi connectivity index (χ1) is 15.1. The predicted octanol–water partition coefficient (Wildman–Crippen LogP) is 4.89. The molecule has 0 radical (unpaired) electrons. The van der Waals surface area contributed by atoms with Gasteiger partial charge in [-0.25, -0.2) is 9.97 Å². The number of carbonyl (C=O) groups is 1. The Kier molecular flexibility index (Phi) is 4.78. The summed E-state index contributed by atoms with van der Waals surface area (Å²) in [5.41, 5.74) is 2.96. The molecule has 0 unspecified atom stereocenters. The van der Waals surface area contributed by atoms with Crippen molar-refractivity contribution in [2.45, 2.75) is 56.5 Å². The molecule has 2 bridgehead atoms. The van der Waals surface area contributed by atoms with E-state index in [1.165, 1.54) is 6.42 Å². The Hall–Kier alpha value is -2.02. The molecule has 5 nitrogen and oxygen atoms in total. The van der Waals surface area contributed by atoms with E-state index in [1.54, 1.807) is 11.3 Å². The van der Waals surface area contributed by atoms with Gasteiger partial charge in [-0.05, 0) is 67.7 Å². The molecule has 0 spiro atoms. The second-order valence-electron chi connectivity index (χ2n) is 9.16. The Balaban J connectivity index is 1.22. The Morgan fingerprint density at radius 3 is 2.90 bits per heavy atom. The number of nitrogens with zero attached hydrogens (tertiary/aromatic N) is 3. The number of hydrogen-bond donors (Lipinski definition) is 1. The third kappa shape index (κ3) is 3.55. The zero-order chi connectivity index (χ0) is 21.1. The molecular weight excluding hydrogens is 428 g/mol. The molecule has 4 heterocycles. The van der Waals surface area contributed by atoms with Gasteiger partial charge in [-0.15, -0.1) is 11.3 Å². The molecule has 4 atom stereocenters. The van der Waals surface area contributed by atoms with Gasteiger partial charge in [0, 0.05) is 47.1 Å². The number of benzene rings is 1. The third-order valence-corrected chi connectivity index (χ3v) is 8.20. The number of halogens is 1. The van der Waals surface area contributed by atoms with Crippen LogP contribution in [-0.2, 0) is 0 Å². The van der Waals surface area contributed by atoms with E-state index in [-0.39, 0.29) is 5.91 Å². The summed E-state index contributed by atoms with van der Waals surface area (Å²) in [6.07, 6.45) is 4.47. The summed E-state index contributed by atoms with van der Waals surface area (Å²) in [4.78, 5) is 25.5. The normalized spacial score (nSPS) is 27.5. The summed E-state index contributed by atoms with van der Waals surface area (Å²) < 4.78 is 0. The quantitative estimate of drug-likeness (QED) is 0.614. The summed E-state index contributed by atoms with van der Waals surface area (Å²) in [6.45, 7) is 3.57. The number of hydrogen-bond acceptors (Lipinski definition) is 5. The fraction of sp³-hybridized carbons (Fsp3) is 0.458. The third-order valence-electron chi connectivity index (χ3n) is 7.07. The number of fused-ring (bicyclic) bond motifs is 3. The lowest BCUT2D eigenvalue weighted by Crippen LogP contribution is -2.39. The van der Waals surface area contributed by atoms with Gasteiger partial charge in [0.25, 0.3) is 5.91 Å². The highest BCUT2D eigenvalue weighted by Gasteiger charge is 2.43. The first kappa shape index (κ1) is 19.6. The fourth-order valence-electron chi connectivity index (χ4n) is 5.38. The molecule has 1 aliphatic carbocycles. The molecule has 6 rings (SSSR count). The van der Waals surface area contributed by atoms with Crippen LogP contribution in [0.2, 0.25) is 5.02 Å². The Labute approximate surface area is 190 Å². The standard InChI is InChI=1S/C24H25ClN4OS/c1-13-26-22(18-7-9-31-23(18)27-13)20-11-19(20)17-5-2-14(10-21(17)25)24(30)29-8-6-15-3-4-16(12-29)28-15/h2,5,7,9-10,15-16,19-20,28H,3-4,6,8,11-12H2,1H3/t15-,16+,19+,20-/m0/s1. The van der Waals surface area contributed by atoms with Crippen LogP contribution in [0.25, 0.3) is 10.2 Å². The van der Waals surface area contributed by atoms with Crippen molar-refractivity contribution < 1.29 is 4.79 Å². The van der Waals surface area contributed by atoms with Crippen LogP contribution in [0.4, 0.5) is 0 Å². The first-order valence-corrected chi connectivity index (χ1v) is 12.4. The van der Waals surface area contributed by atoms with Crippen LogP contribution in [0.1, 0.15) is 65.0 Å². The fourth-order valence-corrected chi connectivity index (χ4v) is 6.52. The van der Waals surface area contributed by atoms with Crippen molar-refractivity contribution in [3.05, 3.63) is 57.3 Å². The van der Waals surface area contributed by atoms with Crippen molar-refractivity contribution in [1.82, 2.24) is 20.2 Å². The zero-order valence-corrected chi connectivity index (χ0v) is 19.0. The molecule has 3 aliphatic rings. The molecule has 3 aromatic rings. The number of amides is 1. The van der Waals surface area contributed by atoms with Crippen molar-refractivity contribution in [2.75, 3.05) is 13.1 Å². The maximum absolute atomic E-state index is 13.1. The minimum atomic E-state index is 0.0987. The molecule has 31 heavy (non-hydrogen) atoms. The van der Waals surface area contributed by atoms with Crippen molar-refractivity contribution >= 4 is 39.1 Å². The van der Waals surface area contributed by atoms with E-state index >= 15 is 0 Å². The molecule has 1 aromatic carbocycles. The van der Waals surface area contributed by atoms with Gasteiger partial charge >= 0.3 is 0 Å². The predicted molar refractivity (Wildman–Crippen MR) is 124 cm³/mol. The highest BCUT2D eigenvalue weighted by molar-refractivity contribution is 7.16. The molecule has 2 saturated heterocycles. The Morgan fingerprint density at radius 1 is 1.16 bits per heavy atom. The number of carbonyl (C=O) groups excluding carboxylic acids is 1. The van der Waals surface area contributed by atoms with Crippen molar-refractivity contribution in [1.29, 1.82) is 0 Å². The van der Waals surface area contributed by atoms with Crippen LogP contribution >= 0.6 is 22.9 Å². The lowest BCUT2D eigenvalue weighted by atomic mass is 10.0. The van der Waals surface area contributed by atoms with Crippen molar-refractivity contribution in [2.24, 2.45) is 0 Å². The van der Waals surface area contributed by atoms with E-state index < -0.39 is 0 Å². The first-order valence-electron chi connectivity index (χ1n) is 11.1. The van der Waals surface area contributed by atoms with Gasteiger partial charge < -0.3 is 10.2 Å². The number of likely N-dealkylation sites (tertiary alicyclic amines) is 1. The van der Waals surface area contributed by atoms with Gasteiger partial charge in [0.2, 0.25) is 0 Å². The van der Waals surface area contributed by atoms with Gasteiger partial charge in [-0.2, -0.15) is 0 Å². The minimum Gasteiger partial charge on any atom is -0.337 e. The number of nitrogens with one attached hydrogen (secondary N) is 1. The highest BCUT2D eigenvalue weighted by Crippen LogP contribution is 2.57. The van der Waals surface area contributed by atoms with Crippen LogP contribution in [0.15, 0.2) is 29.6 Å². The van der Waals surface area contributed by atoms with E-state index in [2.05, 4.69) is 27.8 Å². The van der Waals surface area contributed by atoms with Crippen LogP contribution < -0.4 is 5.32 Å². The van der Waals surface area contributed by atoms with Crippen LogP contribution in [0.3, 0.4) is 0 Å². The van der Waals surface area contributed by atoms with E-state index in [4.69, 9.17) is 16.6 Å². The van der Waals surface area contributed by atoms with E-state index in [0.29, 0.717) is 34.5 Å². The summed E-state index contributed by atoms with van der Waals surface area (Å²) in [5, 5.41) is 7.58. The summed E-state index contributed by atoms with van der Waals surface area (Å²) in [5.74, 6) is 1.64. The van der Waals surface area contributed by atoms with Gasteiger partial charge in [0.05, 0.1) is 5.69 Å². The Bertz CT molecular complexity index is 1180. The monoisotopic (exact) mass is 452 g/mol. The second-order valence-corrected chi connectivity index (χ2v) is 10.5. The number of thiophene rings is 1. The average Bonchev–Trinajstić information content (AvgIpc) is 3.24. The van der Waals surface area contributed by atoms with Gasteiger partial charge in [-0.1, -0.05) is 17.7 Å². The van der Waals surface area contributed by atoms with Crippen LogP contribution in [-0.4, -0.2) is 45.9 Å². The van der Waals surface area contributed by atoms with Gasteiger partial charge in [0.1, 0.15) is 10.7 Å². The van der Waals surface area contributed by atoms with Crippen LogP contribution in [0.5, 0.6) is 0 Å². The molecule has 1 saturated carbocycles. The van der Waals surface area contributed by atoms with Crippen LogP contribution in [0, 0.1) is 6.92 Å². The number of rotatable bonds is 3. The summed E-state index contributed by atoms with van der Waals surface area (Å²) in [7, 11) is 0. The highest BCUT2D eigenvalue weighted by atomic mass is 35.5. The number of aryl methyl sites for hydroxylation is 1. The van der Waals surface area contributed by atoms with E-state index in [0.717, 1.165) is 59.7 Å². The number of aromatic nitrogens is 2. The molecule has 3 fully saturated rings. The maximum Gasteiger partial charge on any atom is 0.253 e. The van der Waals surface area contributed by atoms with E-state index in [1.807, 2.05) is 24.0 Å². The lowest BCUT2D eigenvalue weighted by molar-refractivity contribution is 0.0748. The minimum absolute atomic E-state index is 0.0987. The summed E-state index contributed by atoms with van der Waals surface area (Å²) >= 11 is 8.37. The smallest absolute Gasteiger partial charge is 0.253 e. The van der Waals surface area contributed by atoms with Gasteiger partial charge in [-0.3, -0.25) is 4.79 Å². The molecule has 2 aromatic heterocycles. The van der Waals surface area contributed by atoms with Gasteiger partial charge in [0.15, 0.2) is 0 Å².